The summed E-state index contributed by atoms with van der Waals surface area (Å²) in [6, 6.07) is 13.3. The van der Waals surface area contributed by atoms with E-state index in [1.54, 1.807) is 13.4 Å². The van der Waals surface area contributed by atoms with Crippen LogP contribution in [0.15, 0.2) is 53.2 Å². The monoisotopic (exact) mass is 292 g/mol. The van der Waals surface area contributed by atoms with Gasteiger partial charge in [0.05, 0.1) is 24.5 Å². The molecular weight excluding hydrogens is 280 g/mol. The molecule has 2 heterocycles. The Morgan fingerprint density at radius 3 is 2.64 bits per heavy atom. The lowest BCUT2D eigenvalue weighted by Gasteiger charge is -2.00. The van der Waals surface area contributed by atoms with E-state index in [9.17, 15) is 0 Å². The van der Waals surface area contributed by atoms with E-state index in [-0.39, 0.29) is 0 Å². The number of fused-ring (bicyclic) bond motifs is 1. The summed E-state index contributed by atoms with van der Waals surface area (Å²) >= 11 is 0. The summed E-state index contributed by atoms with van der Waals surface area (Å²) < 4.78 is 11.0. The number of benzene rings is 2. The van der Waals surface area contributed by atoms with E-state index in [0.717, 1.165) is 27.9 Å². The number of imidazole rings is 1. The van der Waals surface area contributed by atoms with Gasteiger partial charge in [0, 0.05) is 11.1 Å². The van der Waals surface area contributed by atoms with Crippen molar-refractivity contribution in [1.29, 1.82) is 0 Å². The number of ether oxygens (including phenoxy) is 1. The van der Waals surface area contributed by atoms with Crippen molar-refractivity contribution >= 4 is 11.0 Å². The third-order valence-corrected chi connectivity index (χ3v) is 3.41. The highest BCUT2D eigenvalue weighted by atomic mass is 16.5. The summed E-state index contributed by atoms with van der Waals surface area (Å²) in [5, 5.41) is 8.23. The third kappa shape index (κ3) is 2.10. The number of aromatic amines is 1. The Kier molecular flexibility index (Phi) is 2.86. The molecule has 108 valence electrons. The molecule has 0 unspecified atom stereocenters. The number of hydrogen-bond acceptors (Lipinski definition) is 5. The van der Waals surface area contributed by atoms with E-state index < -0.39 is 0 Å². The van der Waals surface area contributed by atoms with E-state index in [0.29, 0.717) is 11.8 Å². The minimum Gasteiger partial charge on any atom is -0.497 e. The van der Waals surface area contributed by atoms with Crippen LogP contribution in [-0.4, -0.2) is 27.3 Å². The van der Waals surface area contributed by atoms with E-state index in [2.05, 4.69) is 20.2 Å². The van der Waals surface area contributed by atoms with Crippen LogP contribution in [0.3, 0.4) is 0 Å². The lowest BCUT2D eigenvalue weighted by Crippen LogP contribution is -1.83. The van der Waals surface area contributed by atoms with Crippen LogP contribution >= 0.6 is 0 Å². The Bertz CT molecular complexity index is 942. The van der Waals surface area contributed by atoms with Gasteiger partial charge in [0.15, 0.2) is 0 Å². The smallest absolute Gasteiger partial charge is 0.248 e. The van der Waals surface area contributed by atoms with Crippen LogP contribution in [0.4, 0.5) is 0 Å². The van der Waals surface area contributed by atoms with Crippen LogP contribution in [0.25, 0.3) is 33.9 Å². The Labute approximate surface area is 125 Å². The van der Waals surface area contributed by atoms with E-state index in [1.165, 1.54) is 0 Å². The number of rotatable bonds is 3. The van der Waals surface area contributed by atoms with Crippen LogP contribution in [0.1, 0.15) is 0 Å². The summed E-state index contributed by atoms with van der Waals surface area (Å²) in [4.78, 5) is 7.26. The predicted octanol–water partition coefficient (Wildman–Crippen LogP) is 3.29. The van der Waals surface area contributed by atoms with Gasteiger partial charge in [-0.15, -0.1) is 10.2 Å². The number of aromatic nitrogens is 4. The molecule has 0 saturated heterocycles. The molecule has 22 heavy (non-hydrogen) atoms. The summed E-state index contributed by atoms with van der Waals surface area (Å²) in [5.41, 5.74) is 3.49. The summed E-state index contributed by atoms with van der Waals surface area (Å²) in [6.45, 7) is 0. The molecule has 4 rings (SSSR count). The highest BCUT2D eigenvalue weighted by Crippen LogP contribution is 2.27. The summed E-state index contributed by atoms with van der Waals surface area (Å²) in [7, 11) is 1.62. The predicted molar refractivity (Wildman–Crippen MR) is 81.4 cm³/mol. The fourth-order valence-corrected chi connectivity index (χ4v) is 2.28. The molecule has 0 aliphatic carbocycles. The zero-order chi connectivity index (χ0) is 14.9. The van der Waals surface area contributed by atoms with Crippen molar-refractivity contribution in [3.8, 4) is 28.7 Å². The lowest BCUT2D eigenvalue weighted by molar-refractivity contribution is 0.415. The number of hydrogen-bond donors (Lipinski definition) is 1. The van der Waals surface area contributed by atoms with Gasteiger partial charge in [-0.05, 0) is 36.4 Å². The van der Waals surface area contributed by atoms with Gasteiger partial charge in [-0.25, -0.2) is 4.98 Å². The quantitative estimate of drug-likeness (QED) is 0.627. The Morgan fingerprint density at radius 1 is 1.00 bits per heavy atom. The zero-order valence-electron chi connectivity index (χ0n) is 11.8. The normalized spacial score (nSPS) is 11.0. The topological polar surface area (TPSA) is 76.8 Å². The van der Waals surface area contributed by atoms with Crippen molar-refractivity contribution < 1.29 is 9.15 Å². The Hall–Kier alpha value is -3.15. The van der Waals surface area contributed by atoms with Gasteiger partial charge in [-0.3, -0.25) is 0 Å². The molecule has 4 aromatic rings. The van der Waals surface area contributed by atoms with Gasteiger partial charge < -0.3 is 14.1 Å². The number of nitrogens with zero attached hydrogens (tertiary/aromatic N) is 3. The number of methoxy groups -OCH3 is 1. The molecule has 2 aromatic carbocycles. The van der Waals surface area contributed by atoms with Crippen molar-refractivity contribution in [2.75, 3.05) is 7.11 Å². The van der Waals surface area contributed by atoms with Gasteiger partial charge in [-0.1, -0.05) is 6.07 Å². The van der Waals surface area contributed by atoms with Crippen molar-refractivity contribution in [1.82, 2.24) is 20.2 Å². The molecule has 0 fully saturated rings. The van der Waals surface area contributed by atoms with Gasteiger partial charge >= 0.3 is 0 Å². The summed E-state index contributed by atoms with van der Waals surface area (Å²) in [5.74, 6) is 1.67. The first-order chi connectivity index (χ1) is 10.8. The van der Waals surface area contributed by atoms with Crippen molar-refractivity contribution in [3.05, 3.63) is 48.8 Å². The second-order valence-electron chi connectivity index (χ2n) is 4.78. The van der Waals surface area contributed by atoms with Crippen LogP contribution in [-0.2, 0) is 0 Å². The summed E-state index contributed by atoms with van der Waals surface area (Å²) in [6.07, 6.45) is 1.66. The molecule has 0 amide bonds. The average Bonchev–Trinajstić information content (AvgIpc) is 3.23. The van der Waals surface area contributed by atoms with Crippen LogP contribution < -0.4 is 4.74 Å². The van der Waals surface area contributed by atoms with E-state index >= 15 is 0 Å². The second-order valence-corrected chi connectivity index (χ2v) is 4.78. The molecule has 0 radical (unpaired) electrons. The number of nitrogens with one attached hydrogen (secondary N) is 1. The largest absolute Gasteiger partial charge is 0.497 e. The Balaban J connectivity index is 1.73. The maximum atomic E-state index is 5.77. The van der Waals surface area contributed by atoms with Gasteiger partial charge in [-0.2, -0.15) is 0 Å². The van der Waals surface area contributed by atoms with Crippen LogP contribution in [0.5, 0.6) is 5.75 Å². The SMILES string of the molecule is COc1cccc(-c2nnc(-c3ccc4nc[nH]c4c3)o2)c1. The zero-order valence-corrected chi connectivity index (χ0v) is 11.8. The fourth-order valence-electron chi connectivity index (χ4n) is 2.28. The molecular formula is C16H12N4O2. The van der Waals surface area contributed by atoms with Crippen LogP contribution in [0.2, 0.25) is 0 Å². The van der Waals surface area contributed by atoms with Crippen molar-refractivity contribution in [2.45, 2.75) is 0 Å². The van der Waals surface area contributed by atoms with E-state index in [1.807, 2.05) is 42.5 Å². The molecule has 0 bridgehead atoms. The molecule has 0 aliphatic rings. The molecule has 0 spiro atoms. The fraction of sp³-hybridized carbons (Fsp3) is 0.0625. The molecule has 0 atom stereocenters. The van der Waals surface area contributed by atoms with Gasteiger partial charge in [0.25, 0.3) is 0 Å². The molecule has 6 nitrogen and oxygen atoms in total. The van der Waals surface area contributed by atoms with Crippen molar-refractivity contribution in [3.63, 3.8) is 0 Å². The first-order valence-corrected chi connectivity index (χ1v) is 6.75. The molecule has 6 heteroatoms. The van der Waals surface area contributed by atoms with Gasteiger partial charge in [0.1, 0.15) is 5.75 Å². The third-order valence-electron chi connectivity index (χ3n) is 3.41. The molecule has 1 N–H and O–H groups in total. The average molecular weight is 292 g/mol. The first-order valence-electron chi connectivity index (χ1n) is 6.75. The molecule has 0 saturated carbocycles. The maximum Gasteiger partial charge on any atom is 0.248 e. The minimum atomic E-state index is 0.457. The van der Waals surface area contributed by atoms with Crippen molar-refractivity contribution in [2.24, 2.45) is 0 Å². The molecule has 2 aromatic heterocycles. The second kappa shape index (κ2) is 5.00. The first kappa shape index (κ1) is 12.6. The van der Waals surface area contributed by atoms with Crippen LogP contribution in [0, 0.1) is 0 Å². The highest BCUT2D eigenvalue weighted by Gasteiger charge is 2.12. The Morgan fingerprint density at radius 2 is 1.82 bits per heavy atom. The lowest BCUT2D eigenvalue weighted by atomic mass is 10.2. The standard InChI is InChI=1S/C16H12N4O2/c1-21-12-4-2-3-10(7-12)15-19-20-16(22-15)11-5-6-13-14(8-11)18-9-17-13/h2-9H,1H3,(H,17,18). The van der Waals surface area contributed by atoms with Gasteiger partial charge in [0.2, 0.25) is 11.8 Å². The minimum absolute atomic E-state index is 0.457. The highest BCUT2D eigenvalue weighted by molar-refractivity contribution is 5.79. The number of H-pyrrole nitrogens is 1. The molecule has 0 aliphatic heterocycles. The maximum absolute atomic E-state index is 5.77. The van der Waals surface area contributed by atoms with E-state index in [4.69, 9.17) is 9.15 Å².